The quantitative estimate of drug-likeness (QED) is 0.896. The molecule has 0 aromatic heterocycles. The summed E-state index contributed by atoms with van der Waals surface area (Å²) < 4.78 is 5.11. The number of rotatable bonds is 4. The molecule has 0 spiro atoms. The van der Waals surface area contributed by atoms with Gasteiger partial charge in [-0.15, -0.1) is 0 Å². The van der Waals surface area contributed by atoms with Crippen LogP contribution in [-0.2, 0) is 11.3 Å². The number of hydrogen-bond acceptors (Lipinski definition) is 3. The summed E-state index contributed by atoms with van der Waals surface area (Å²) in [6.07, 6.45) is -0.0484. The van der Waals surface area contributed by atoms with E-state index in [4.69, 9.17) is 21.4 Å². The van der Waals surface area contributed by atoms with Crippen molar-refractivity contribution in [2.24, 2.45) is 0 Å². The van der Waals surface area contributed by atoms with Gasteiger partial charge in [0.25, 0.3) is 0 Å². The van der Waals surface area contributed by atoms with Crippen LogP contribution < -0.4 is 0 Å². The lowest BCUT2D eigenvalue weighted by molar-refractivity contribution is 0.117. The molecule has 1 aliphatic rings. The molecule has 0 saturated carbocycles. The third-order valence-electron chi connectivity index (χ3n) is 2.66. The SMILES string of the molecule is O=C1OC(CCO)CN1Cc1cccc(Cl)c1. The van der Waals surface area contributed by atoms with Crippen molar-refractivity contribution in [1.82, 2.24) is 4.90 Å². The second-order valence-electron chi connectivity index (χ2n) is 4.03. The molecule has 1 saturated heterocycles. The van der Waals surface area contributed by atoms with Crippen molar-refractivity contribution in [2.75, 3.05) is 13.2 Å². The first kappa shape index (κ1) is 12.2. The smallest absolute Gasteiger partial charge is 0.410 e. The van der Waals surface area contributed by atoms with Gasteiger partial charge >= 0.3 is 6.09 Å². The highest BCUT2D eigenvalue weighted by Crippen LogP contribution is 2.18. The minimum Gasteiger partial charge on any atom is -0.444 e. The number of hydrogen-bond donors (Lipinski definition) is 1. The van der Waals surface area contributed by atoms with Gasteiger partial charge in [-0.2, -0.15) is 0 Å². The summed E-state index contributed by atoms with van der Waals surface area (Å²) in [4.78, 5) is 13.2. The van der Waals surface area contributed by atoms with Gasteiger partial charge < -0.3 is 14.7 Å². The summed E-state index contributed by atoms with van der Waals surface area (Å²) in [6, 6.07) is 7.39. The maximum absolute atomic E-state index is 11.5. The zero-order valence-corrected chi connectivity index (χ0v) is 10.1. The summed E-state index contributed by atoms with van der Waals surface area (Å²) in [5.74, 6) is 0. The van der Waals surface area contributed by atoms with Crippen LogP contribution in [0.15, 0.2) is 24.3 Å². The molecule has 1 heterocycles. The number of aliphatic hydroxyl groups excluding tert-OH is 1. The third-order valence-corrected chi connectivity index (χ3v) is 2.90. The minimum absolute atomic E-state index is 0.0307. The third kappa shape index (κ3) is 3.11. The highest BCUT2D eigenvalue weighted by molar-refractivity contribution is 6.30. The van der Waals surface area contributed by atoms with E-state index in [0.717, 1.165) is 5.56 Å². The Balaban J connectivity index is 1.98. The van der Waals surface area contributed by atoms with E-state index < -0.39 is 0 Å². The maximum Gasteiger partial charge on any atom is 0.410 e. The van der Waals surface area contributed by atoms with Gasteiger partial charge in [0.15, 0.2) is 0 Å². The van der Waals surface area contributed by atoms with Gasteiger partial charge in [-0.05, 0) is 17.7 Å². The second-order valence-corrected chi connectivity index (χ2v) is 4.46. The Morgan fingerprint density at radius 1 is 1.53 bits per heavy atom. The van der Waals surface area contributed by atoms with Crippen LogP contribution in [0.3, 0.4) is 0 Å². The molecule has 5 heteroatoms. The van der Waals surface area contributed by atoms with Crippen molar-refractivity contribution < 1.29 is 14.6 Å². The van der Waals surface area contributed by atoms with E-state index in [0.29, 0.717) is 24.5 Å². The summed E-state index contributed by atoms with van der Waals surface area (Å²) in [5, 5.41) is 9.45. The van der Waals surface area contributed by atoms with Crippen LogP contribution in [0, 0.1) is 0 Å². The average molecular weight is 256 g/mol. The molecule has 1 amide bonds. The molecule has 92 valence electrons. The van der Waals surface area contributed by atoms with Crippen LogP contribution in [0.5, 0.6) is 0 Å². The molecule has 1 atom stereocenters. The lowest BCUT2D eigenvalue weighted by Gasteiger charge is -2.12. The van der Waals surface area contributed by atoms with E-state index in [-0.39, 0.29) is 18.8 Å². The van der Waals surface area contributed by atoms with E-state index >= 15 is 0 Å². The first-order valence-electron chi connectivity index (χ1n) is 5.50. The molecular formula is C12H14ClNO3. The molecule has 1 N–H and O–H groups in total. The molecule has 0 radical (unpaired) electrons. The predicted octanol–water partition coefficient (Wildman–Crippen LogP) is 2.04. The highest BCUT2D eigenvalue weighted by Gasteiger charge is 2.30. The Kier molecular flexibility index (Phi) is 3.86. The number of nitrogens with zero attached hydrogens (tertiary/aromatic N) is 1. The summed E-state index contributed by atoms with van der Waals surface area (Å²) in [6.45, 7) is 1.04. The molecule has 1 aromatic carbocycles. The number of carbonyl (C=O) groups excluding carboxylic acids is 1. The lowest BCUT2D eigenvalue weighted by atomic mass is 10.2. The average Bonchev–Trinajstić information content (AvgIpc) is 2.60. The van der Waals surface area contributed by atoms with Crippen molar-refractivity contribution in [3.05, 3.63) is 34.9 Å². The van der Waals surface area contributed by atoms with E-state index in [1.54, 1.807) is 11.0 Å². The molecule has 2 rings (SSSR count). The van der Waals surface area contributed by atoms with Crippen LogP contribution in [0.2, 0.25) is 5.02 Å². The van der Waals surface area contributed by atoms with Crippen LogP contribution in [0.4, 0.5) is 4.79 Å². The van der Waals surface area contributed by atoms with Crippen molar-refractivity contribution in [3.63, 3.8) is 0 Å². The number of aliphatic hydroxyl groups is 1. The Hall–Kier alpha value is -1.26. The van der Waals surface area contributed by atoms with Gasteiger partial charge in [-0.1, -0.05) is 23.7 Å². The highest BCUT2D eigenvalue weighted by atomic mass is 35.5. The van der Waals surface area contributed by atoms with E-state index in [1.807, 2.05) is 18.2 Å². The van der Waals surface area contributed by atoms with Gasteiger partial charge in [0.05, 0.1) is 6.54 Å². The summed E-state index contributed by atoms with van der Waals surface area (Å²) >= 11 is 5.88. The fraction of sp³-hybridized carbons (Fsp3) is 0.417. The van der Waals surface area contributed by atoms with Gasteiger partial charge in [0.1, 0.15) is 6.10 Å². The molecule has 1 aromatic rings. The summed E-state index contributed by atoms with van der Waals surface area (Å²) in [7, 11) is 0. The fourth-order valence-corrected chi connectivity index (χ4v) is 2.07. The molecule has 17 heavy (non-hydrogen) atoms. The number of cyclic esters (lactones) is 1. The fourth-order valence-electron chi connectivity index (χ4n) is 1.85. The normalized spacial score (nSPS) is 19.5. The zero-order valence-electron chi connectivity index (χ0n) is 9.30. The number of carbonyl (C=O) groups is 1. The Labute approximate surface area is 105 Å². The van der Waals surface area contributed by atoms with Crippen molar-refractivity contribution in [1.29, 1.82) is 0 Å². The molecule has 1 fully saturated rings. The molecule has 0 bridgehead atoms. The van der Waals surface area contributed by atoms with Crippen molar-refractivity contribution in [2.45, 2.75) is 19.1 Å². The van der Waals surface area contributed by atoms with E-state index in [1.165, 1.54) is 0 Å². The van der Waals surface area contributed by atoms with Gasteiger partial charge in [0, 0.05) is 24.6 Å². The molecular weight excluding hydrogens is 242 g/mol. The van der Waals surface area contributed by atoms with Gasteiger partial charge in [-0.3, -0.25) is 0 Å². The zero-order chi connectivity index (χ0) is 12.3. The van der Waals surface area contributed by atoms with Crippen molar-refractivity contribution in [3.8, 4) is 0 Å². The van der Waals surface area contributed by atoms with Crippen LogP contribution >= 0.6 is 11.6 Å². The van der Waals surface area contributed by atoms with Crippen LogP contribution in [0.1, 0.15) is 12.0 Å². The lowest BCUT2D eigenvalue weighted by Crippen LogP contribution is -2.24. The second kappa shape index (κ2) is 5.38. The Bertz CT molecular complexity index is 410. The first-order valence-corrected chi connectivity index (χ1v) is 5.87. The standard InChI is InChI=1S/C12H14ClNO3/c13-10-3-1-2-9(6-10)7-14-8-11(4-5-15)17-12(14)16/h1-3,6,11,15H,4-5,7-8H2. The first-order chi connectivity index (χ1) is 8.19. The van der Waals surface area contributed by atoms with Gasteiger partial charge in [0.2, 0.25) is 0 Å². The number of halogens is 1. The maximum atomic E-state index is 11.5. The largest absolute Gasteiger partial charge is 0.444 e. The number of benzene rings is 1. The monoisotopic (exact) mass is 255 g/mol. The number of ether oxygens (including phenoxy) is 1. The molecule has 4 nitrogen and oxygen atoms in total. The minimum atomic E-state index is -0.330. The Morgan fingerprint density at radius 2 is 2.35 bits per heavy atom. The summed E-state index contributed by atoms with van der Waals surface area (Å²) in [5.41, 5.74) is 0.971. The van der Waals surface area contributed by atoms with Crippen LogP contribution in [0.25, 0.3) is 0 Å². The van der Waals surface area contributed by atoms with E-state index in [2.05, 4.69) is 0 Å². The van der Waals surface area contributed by atoms with Crippen LogP contribution in [-0.4, -0.2) is 35.4 Å². The molecule has 1 unspecified atom stereocenters. The van der Waals surface area contributed by atoms with E-state index in [9.17, 15) is 4.79 Å². The van der Waals surface area contributed by atoms with Crippen molar-refractivity contribution >= 4 is 17.7 Å². The topological polar surface area (TPSA) is 49.8 Å². The molecule has 0 aliphatic carbocycles. The Morgan fingerprint density at radius 3 is 3.06 bits per heavy atom. The predicted molar refractivity (Wildman–Crippen MR) is 63.8 cm³/mol. The number of amides is 1. The molecule has 1 aliphatic heterocycles. The van der Waals surface area contributed by atoms with Gasteiger partial charge in [-0.25, -0.2) is 4.79 Å².